The lowest BCUT2D eigenvalue weighted by Gasteiger charge is -2.07. The summed E-state index contributed by atoms with van der Waals surface area (Å²) in [6.45, 7) is 0. The molecule has 5 aromatic rings. The molecule has 7 nitrogen and oxygen atoms in total. The van der Waals surface area contributed by atoms with E-state index in [4.69, 9.17) is 5.10 Å². The van der Waals surface area contributed by atoms with Gasteiger partial charge >= 0.3 is 0 Å². The van der Waals surface area contributed by atoms with Crippen LogP contribution < -0.4 is 5.32 Å². The Hall–Kier alpha value is -3.91. The molecule has 4 heterocycles. The van der Waals surface area contributed by atoms with Crippen molar-refractivity contribution in [3.63, 3.8) is 0 Å². The first-order valence-corrected chi connectivity index (χ1v) is 10.2. The van der Waals surface area contributed by atoms with Gasteiger partial charge in [0.2, 0.25) is 5.91 Å². The van der Waals surface area contributed by atoms with E-state index in [2.05, 4.69) is 20.5 Å². The molecule has 1 N–H and O–H groups in total. The molecule has 1 amide bonds. The molecule has 146 valence electrons. The smallest absolute Gasteiger partial charge is 0.229 e. The lowest BCUT2D eigenvalue weighted by molar-refractivity contribution is -0.115. The molecule has 0 spiro atoms. The molecule has 0 saturated heterocycles. The Morgan fingerprint density at radius 1 is 0.967 bits per heavy atom. The molecule has 0 atom stereocenters. The van der Waals surface area contributed by atoms with Gasteiger partial charge in [0.25, 0.3) is 0 Å². The number of anilines is 1. The fourth-order valence-electron chi connectivity index (χ4n) is 3.12. The van der Waals surface area contributed by atoms with Crippen molar-refractivity contribution in [3.8, 4) is 22.6 Å². The highest BCUT2D eigenvalue weighted by atomic mass is 32.1. The van der Waals surface area contributed by atoms with Gasteiger partial charge in [0.05, 0.1) is 12.1 Å². The first-order valence-electron chi connectivity index (χ1n) is 9.32. The quantitative estimate of drug-likeness (QED) is 0.470. The Kier molecular flexibility index (Phi) is 4.74. The lowest BCUT2D eigenvalue weighted by Crippen LogP contribution is -2.13. The summed E-state index contributed by atoms with van der Waals surface area (Å²) in [5, 5.41) is 18.0. The second-order valence-corrected chi connectivity index (χ2v) is 7.67. The number of carbonyl (C=O) groups is 1. The number of thiophene rings is 1. The number of carbonyl (C=O) groups excluding carboxylic acids is 1. The van der Waals surface area contributed by atoms with Gasteiger partial charge in [0.1, 0.15) is 0 Å². The van der Waals surface area contributed by atoms with Gasteiger partial charge in [-0.1, -0.05) is 18.2 Å². The van der Waals surface area contributed by atoms with Crippen molar-refractivity contribution in [3.05, 3.63) is 83.3 Å². The second kappa shape index (κ2) is 7.84. The summed E-state index contributed by atoms with van der Waals surface area (Å²) in [5.74, 6) is 0.604. The average molecular weight is 412 g/mol. The summed E-state index contributed by atoms with van der Waals surface area (Å²) in [4.78, 5) is 17.4. The largest absolute Gasteiger partial charge is 0.326 e. The highest BCUT2D eigenvalue weighted by Crippen LogP contribution is 2.22. The van der Waals surface area contributed by atoms with Gasteiger partial charge in [-0.15, -0.1) is 21.5 Å². The molecule has 0 fully saturated rings. The monoisotopic (exact) mass is 412 g/mol. The third-order valence-electron chi connectivity index (χ3n) is 4.56. The van der Waals surface area contributed by atoms with Gasteiger partial charge < -0.3 is 5.32 Å². The highest BCUT2D eigenvalue weighted by Gasteiger charge is 2.11. The predicted octanol–water partition coefficient (Wildman–Crippen LogP) is 4.10. The van der Waals surface area contributed by atoms with E-state index >= 15 is 0 Å². The van der Waals surface area contributed by atoms with Gasteiger partial charge in [-0.3, -0.25) is 9.78 Å². The van der Waals surface area contributed by atoms with Gasteiger partial charge in [0.15, 0.2) is 11.5 Å². The summed E-state index contributed by atoms with van der Waals surface area (Å²) in [7, 11) is 0. The maximum atomic E-state index is 12.2. The Labute approximate surface area is 176 Å². The van der Waals surface area contributed by atoms with Crippen molar-refractivity contribution < 1.29 is 4.79 Å². The normalized spacial score (nSPS) is 10.9. The Morgan fingerprint density at radius 2 is 1.87 bits per heavy atom. The third-order valence-corrected chi connectivity index (χ3v) is 5.44. The van der Waals surface area contributed by atoms with Crippen molar-refractivity contribution in [1.29, 1.82) is 0 Å². The molecule has 0 radical (unpaired) electrons. The van der Waals surface area contributed by atoms with Crippen molar-refractivity contribution in [2.24, 2.45) is 0 Å². The van der Waals surface area contributed by atoms with E-state index in [1.165, 1.54) is 0 Å². The van der Waals surface area contributed by atoms with Crippen LogP contribution >= 0.6 is 11.3 Å². The molecule has 0 saturated carbocycles. The topological polar surface area (TPSA) is 85.1 Å². The summed E-state index contributed by atoms with van der Waals surface area (Å²) in [6, 6.07) is 19.1. The van der Waals surface area contributed by atoms with Crippen LogP contribution in [-0.4, -0.2) is 30.7 Å². The standard InChI is InChI=1S/C22H16N6OS/c29-21(13-18-4-2-12-30-18)24-17-7-5-15(6-8-17)19-9-10-20-25-26-22(28(20)27-19)16-3-1-11-23-14-16/h1-12,14H,13H2,(H,24,29). The van der Waals surface area contributed by atoms with E-state index in [-0.39, 0.29) is 5.91 Å². The Balaban J connectivity index is 1.38. The lowest BCUT2D eigenvalue weighted by atomic mass is 10.1. The van der Waals surface area contributed by atoms with E-state index in [9.17, 15) is 4.79 Å². The predicted molar refractivity (Wildman–Crippen MR) is 116 cm³/mol. The van der Waals surface area contributed by atoms with Crippen molar-refractivity contribution in [1.82, 2.24) is 24.8 Å². The van der Waals surface area contributed by atoms with Crippen LogP contribution in [0.4, 0.5) is 5.69 Å². The SMILES string of the molecule is O=C(Cc1cccs1)Nc1ccc(-c2ccc3nnc(-c4cccnc4)n3n2)cc1. The number of fused-ring (bicyclic) bond motifs is 1. The van der Waals surface area contributed by atoms with Gasteiger partial charge in [-0.25, -0.2) is 0 Å². The average Bonchev–Trinajstić information content (AvgIpc) is 3.44. The van der Waals surface area contributed by atoms with Crippen LogP contribution in [0.5, 0.6) is 0 Å². The van der Waals surface area contributed by atoms with Crippen LogP contribution in [0.25, 0.3) is 28.3 Å². The molecule has 8 heteroatoms. The molecular formula is C22H16N6OS. The first kappa shape index (κ1) is 18.1. The molecular weight excluding hydrogens is 396 g/mol. The van der Waals surface area contributed by atoms with Crippen LogP contribution in [0.3, 0.4) is 0 Å². The summed E-state index contributed by atoms with van der Waals surface area (Å²) >= 11 is 1.58. The van der Waals surface area contributed by atoms with Gasteiger partial charge in [-0.05, 0) is 47.8 Å². The molecule has 0 aliphatic rings. The number of benzene rings is 1. The summed E-state index contributed by atoms with van der Waals surface area (Å²) < 4.78 is 1.71. The van der Waals surface area contributed by atoms with Gasteiger partial charge in [-0.2, -0.15) is 9.61 Å². The molecule has 1 aromatic carbocycles. The van der Waals surface area contributed by atoms with E-state index in [0.717, 1.165) is 27.4 Å². The molecule has 0 aliphatic heterocycles. The Morgan fingerprint density at radius 3 is 2.63 bits per heavy atom. The van der Waals surface area contributed by atoms with E-state index < -0.39 is 0 Å². The minimum absolute atomic E-state index is 0.0321. The summed E-state index contributed by atoms with van der Waals surface area (Å²) in [5.41, 5.74) is 3.97. The highest BCUT2D eigenvalue weighted by molar-refractivity contribution is 7.10. The minimum atomic E-state index is -0.0321. The number of hydrogen-bond donors (Lipinski definition) is 1. The maximum absolute atomic E-state index is 12.2. The van der Waals surface area contributed by atoms with Crippen LogP contribution in [0.15, 0.2) is 78.4 Å². The van der Waals surface area contributed by atoms with Crippen LogP contribution in [0, 0.1) is 0 Å². The number of pyridine rings is 1. The molecule has 0 aliphatic carbocycles. The fourth-order valence-corrected chi connectivity index (χ4v) is 3.82. The zero-order valence-corrected chi connectivity index (χ0v) is 16.6. The maximum Gasteiger partial charge on any atom is 0.229 e. The van der Waals surface area contributed by atoms with E-state index in [1.807, 2.05) is 66.0 Å². The second-order valence-electron chi connectivity index (χ2n) is 6.64. The third kappa shape index (κ3) is 3.68. The van der Waals surface area contributed by atoms with Crippen LogP contribution in [0.2, 0.25) is 0 Å². The molecule has 30 heavy (non-hydrogen) atoms. The first-order chi connectivity index (χ1) is 14.8. The zero-order valence-electron chi connectivity index (χ0n) is 15.8. The van der Waals surface area contributed by atoms with Crippen LogP contribution in [-0.2, 0) is 11.2 Å². The van der Waals surface area contributed by atoms with Gasteiger partial charge in [0, 0.05) is 34.1 Å². The van der Waals surface area contributed by atoms with E-state index in [0.29, 0.717) is 17.9 Å². The van der Waals surface area contributed by atoms with Crippen LogP contribution in [0.1, 0.15) is 4.88 Å². The number of rotatable bonds is 5. The van der Waals surface area contributed by atoms with Crippen molar-refractivity contribution in [2.45, 2.75) is 6.42 Å². The summed E-state index contributed by atoms with van der Waals surface area (Å²) in [6.07, 6.45) is 3.83. The van der Waals surface area contributed by atoms with Crippen molar-refractivity contribution in [2.75, 3.05) is 5.32 Å². The molecule has 0 bridgehead atoms. The minimum Gasteiger partial charge on any atom is -0.326 e. The number of nitrogens with zero attached hydrogens (tertiary/aromatic N) is 5. The fraction of sp³-hybridized carbons (Fsp3) is 0.0455. The number of aromatic nitrogens is 5. The Bertz CT molecular complexity index is 1300. The zero-order chi connectivity index (χ0) is 20.3. The van der Waals surface area contributed by atoms with Crippen molar-refractivity contribution >= 4 is 28.6 Å². The van der Waals surface area contributed by atoms with E-state index in [1.54, 1.807) is 28.2 Å². The molecule has 0 unspecified atom stereocenters. The molecule has 4 aromatic heterocycles. The number of hydrogen-bond acceptors (Lipinski definition) is 6. The number of nitrogens with one attached hydrogen (secondary N) is 1. The molecule has 5 rings (SSSR count). The number of amides is 1.